The molecule has 3 nitrogen and oxygen atoms in total. The van der Waals surface area contributed by atoms with E-state index in [0.717, 1.165) is 48.6 Å². The average molecular weight is 320 g/mol. The predicted octanol–water partition coefficient (Wildman–Crippen LogP) is 3.16. The SMILES string of the molecule is Cc1nc(CN2CCC[C@H](O)[C@@H]2Cc2ccc(F)cc2)cs1. The maximum atomic E-state index is 13.0. The molecule has 1 aliphatic heterocycles. The molecule has 2 aromatic rings. The number of aliphatic hydroxyl groups is 1. The maximum Gasteiger partial charge on any atom is 0.123 e. The van der Waals surface area contributed by atoms with Crippen LogP contribution in [0.15, 0.2) is 29.6 Å². The van der Waals surface area contributed by atoms with Gasteiger partial charge in [-0.15, -0.1) is 11.3 Å². The number of likely N-dealkylation sites (tertiary alicyclic amines) is 1. The summed E-state index contributed by atoms with van der Waals surface area (Å²) in [6, 6.07) is 6.65. The lowest BCUT2D eigenvalue weighted by atomic mass is 9.93. The smallest absolute Gasteiger partial charge is 0.123 e. The maximum absolute atomic E-state index is 13.0. The van der Waals surface area contributed by atoms with Gasteiger partial charge in [0.1, 0.15) is 5.82 Å². The molecule has 0 amide bonds. The molecule has 0 spiro atoms. The molecule has 0 aliphatic carbocycles. The first-order chi connectivity index (χ1) is 10.6. The molecule has 0 radical (unpaired) electrons. The van der Waals surface area contributed by atoms with Crippen molar-refractivity contribution in [1.82, 2.24) is 9.88 Å². The zero-order valence-corrected chi connectivity index (χ0v) is 13.5. The van der Waals surface area contributed by atoms with Gasteiger partial charge in [0.25, 0.3) is 0 Å². The fourth-order valence-electron chi connectivity index (χ4n) is 3.12. The number of aliphatic hydroxyl groups excluding tert-OH is 1. The molecular formula is C17H21FN2OS. The lowest BCUT2D eigenvalue weighted by molar-refractivity contribution is 0.00621. The van der Waals surface area contributed by atoms with Gasteiger partial charge in [0.05, 0.1) is 16.8 Å². The van der Waals surface area contributed by atoms with E-state index in [9.17, 15) is 9.50 Å². The van der Waals surface area contributed by atoms with Crippen LogP contribution in [0.1, 0.15) is 29.1 Å². The zero-order valence-electron chi connectivity index (χ0n) is 12.7. The van der Waals surface area contributed by atoms with E-state index in [0.29, 0.717) is 0 Å². The Balaban J connectivity index is 1.73. The first-order valence-electron chi connectivity index (χ1n) is 7.69. The fraction of sp³-hybridized carbons (Fsp3) is 0.471. The van der Waals surface area contributed by atoms with Gasteiger partial charge in [-0.25, -0.2) is 9.37 Å². The zero-order chi connectivity index (χ0) is 15.5. The topological polar surface area (TPSA) is 36.4 Å². The molecule has 118 valence electrons. The summed E-state index contributed by atoms with van der Waals surface area (Å²) in [4.78, 5) is 6.84. The Morgan fingerprint density at radius 3 is 2.82 bits per heavy atom. The molecule has 1 N–H and O–H groups in total. The third-order valence-electron chi connectivity index (χ3n) is 4.25. The summed E-state index contributed by atoms with van der Waals surface area (Å²) >= 11 is 1.66. The third-order valence-corrected chi connectivity index (χ3v) is 5.07. The molecule has 0 saturated carbocycles. The van der Waals surface area contributed by atoms with Crippen molar-refractivity contribution in [2.24, 2.45) is 0 Å². The number of nitrogens with zero attached hydrogens (tertiary/aromatic N) is 2. The quantitative estimate of drug-likeness (QED) is 0.940. The van der Waals surface area contributed by atoms with Crippen molar-refractivity contribution in [2.75, 3.05) is 6.54 Å². The number of halogens is 1. The van der Waals surface area contributed by atoms with E-state index in [4.69, 9.17) is 0 Å². The third kappa shape index (κ3) is 3.72. The van der Waals surface area contributed by atoms with Crippen LogP contribution in [0.4, 0.5) is 4.39 Å². The van der Waals surface area contributed by atoms with E-state index in [2.05, 4.69) is 15.3 Å². The molecular weight excluding hydrogens is 299 g/mol. The highest BCUT2D eigenvalue weighted by molar-refractivity contribution is 7.09. The predicted molar refractivity (Wildman–Crippen MR) is 86.4 cm³/mol. The Kier molecular flexibility index (Phi) is 4.86. The van der Waals surface area contributed by atoms with Crippen molar-refractivity contribution < 1.29 is 9.50 Å². The lowest BCUT2D eigenvalue weighted by Gasteiger charge is -2.39. The summed E-state index contributed by atoms with van der Waals surface area (Å²) in [6.07, 6.45) is 2.24. The number of benzene rings is 1. The monoisotopic (exact) mass is 320 g/mol. The fourth-order valence-corrected chi connectivity index (χ4v) is 3.72. The summed E-state index contributed by atoms with van der Waals surface area (Å²) in [5, 5.41) is 13.6. The number of aromatic nitrogens is 1. The van der Waals surface area contributed by atoms with E-state index in [1.54, 1.807) is 11.3 Å². The molecule has 1 aromatic carbocycles. The highest BCUT2D eigenvalue weighted by Crippen LogP contribution is 2.24. The van der Waals surface area contributed by atoms with Crippen LogP contribution in [-0.4, -0.2) is 33.7 Å². The minimum Gasteiger partial charge on any atom is -0.391 e. The largest absolute Gasteiger partial charge is 0.391 e. The number of piperidine rings is 1. The molecule has 1 saturated heterocycles. The van der Waals surface area contributed by atoms with Gasteiger partial charge >= 0.3 is 0 Å². The van der Waals surface area contributed by atoms with Gasteiger partial charge in [0, 0.05) is 18.0 Å². The van der Waals surface area contributed by atoms with Crippen LogP contribution in [-0.2, 0) is 13.0 Å². The Hall–Kier alpha value is -1.30. The molecule has 5 heteroatoms. The van der Waals surface area contributed by atoms with Crippen molar-refractivity contribution in [2.45, 2.75) is 44.9 Å². The number of hydrogen-bond donors (Lipinski definition) is 1. The number of aryl methyl sites for hydroxylation is 1. The van der Waals surface area contributed by atoms with E-state index in [1.165, 1.54) is 12.1 Å². The summed E-state index contributed by atoms with van der Waals surface area (Å²) in [5.41, 5.74) is 2.13. The van der Waals surface area contributed by atoms with E-state index in [-0.39, 0.29) is 18.0 Å². The van der Waals surface area contributed by atoms with E-state index < -0.39 is 0 Å². The van der Waals surface area contributed by atoms with Gasteiger partial charge in [-0.05, 0) is 50.4 Å². The molecule has 0 unspecified atom stereocenters. The van der Waals surface area contributed by atoms with Crippen molar-refractivity contribution in [3.8, 4) is 0 Å². The van der Waals surface area contributed by atoms with Crippen molar-refractivity contribution in [1.29, 1.82) is 0 Å². The van der Waals surface area contributed by atoms with Crippen molar-refractivity contribution in [3.63, 3.8) is 0 Å². The molecule has 3 rings (SSSR count). The second-order valence-electron chi connectivity index (χ2n) is 5.94. The number of thiazole rings is 1. The van der Waals surface area contributed by atoms with Crippen molar-refractivity contribution >= 4 is 11.3 Å². The first-order valence-corrected chi connectivity index (χ1v) is 8.57. The normalized spacial score (nSPS) is 22.9. The van der Waals surface area contributed by atoms with Gasteiger partial charge in [0.2, 0.25) is 0 Å². The highest BCUT2D eigenvalue weighted by atomic mass is 32.1. The van der Waals surface area contributed by atoms with Crippen LogP contribution in [0, 0.1) is 12.7 Å². The van der Waals surface area contributed by atoms with E-state index in [1.807, 2.05) is 19.1 Å². The van der Waals surface area contributed by atoms with Crippen LogP contribution >= 0.6 is 11.3 Å². The first kappa shape index (κ1) is 15.6. The van der Waals surface area contributed by atoms with Gasteiger partial charge in [0.15, 0.2) is 0 Å². The Morgan fingerprint density at radius 1 is 1.36 bits per heavy atom. The molecule has 0 bridgehead atoms. The average Bonchev–Trinajstić information content (AvgIpc) is 2.90. The molecule has 2 heterocycles. The Morgan fingerprint density at radius 2 is 2.14 bits per heavy atom. The van der Waals surface area contributed by atoms with Crippen LogP contribution < -0.4 is 0 Å². The van der Waals surface area contributed by atoms with Gasteiger partial charge in [-0.3, -0.25) is 4.90 Å². The Bertz CT molecular complexity index is 613. The van der Waals surface area contributed by atoms with Crippen LogP contribution in [0.5, 0.6) is 0 Å². The molecule has 2 atom stereocenters. The molecule has 1 fully saturated rings. The van der Waals surface area contributed by atoms with Crippen molar-refractivity contribution in [3.05, 3.63) is 51.7 Å². The van der Waals surface area contributed by atoms with E-state index >= 15 is 0 Å². The summed E-state index contributed by atoms with van der Waals surface area (Å²) < 4.78 is 13.0. The second-order valence-corrected chi connectivity index (χ2v) is 7.00. The van der Waals surface area contributed by atoms with Gasteiger partial charge in [-0.1, -0.05) is 12.1 Å². The van der Waals surface area contributed by atoms with Gasteiger partial charge in [-0.2, -0.15) is 0 Å². The Labute approximate surface area is 134 Å². The summed E-state index contributed by atoms with van der Waals surface area (Å²) in [5.74, 6) is -0.220. The van der Waals surface area contributed by atoms with Crippen LogP contribution in [0.2, 0.25) is 0 Å². The van der Waals surface area contributed by atoms with Crippen LogP contribution in [0.3, 0.4) is 0 Å². The minimum absolute atomic E-state index is 0.0706. The number of rotatable bonds is 4. The minimum atomic E-state index is -0.335. The summed E-state index contributed by atoms with van der Waals surface area (Å²) in [6.45, 7) is 3.75. The molecule has 22 heavy (non-hydrogen) atoms. The lowest BCUT2D eigenvalue weighted by Crippen LogP contribution is -2.48. The second kappa shape index (κ2) is 6.86. The molecule has 1 aromatic heterocycles. The highest BCUT2D eigenvalue weighted by Gasteiger charge is 2.30. The standard InChI is InChI=1S/C17H21FN2OS/c1-12-19-15(11-22-12)10-20-8-2-3-17(21)16(20)9-13-4-6-14(18)7-5-13/h4-7,11,16-17,21H,2-3,8-10H2,1H3/t16-,17-/m0/s1. The number of hydrogen-bond acceptors (Lipinski definition) is 4. The summed E-state index contributed by atoms with van der Waals surface area (Å²) in [7, 11) is 0. The van der Waals surface area contributed by atoms with Gasteiger partial charge < -0.3 is 5.11 Å². The molecule has 1 aliphatic rings. The van der Waals surface area contributed by atoms with Crippen LogP contribution in [0.25, 0.3) is 0 Å².